The molecule has 2 saturated heterocycles. The second-order valence-electron chi connectivity index (χ2n) is 15.7. The van der Waals surface area contributed by atoms with Crippen LogP contribution in [0.25, 0.3) is 32.9 Å². The van der Waals surface area contributed by atoms with Crippen LogP contribution in [0.15, 0.2) is 91.5 Å². The van der Waals surface area contributed by atoms with Gasteiger partial charge in [0, 0.05) is 104 Å². The molecule has 1 unspecified atom stereocenters. The molecule has 4 amide bonds. The summed E-state index contributed by atoms with van der Waals surface area (Å²) in [5.41, 5.74) is 6.78. The third kappa shape index (κ3) is 6.92. The average molecular weight is 792 g/mol. The number of nitrogens with one attached hydrogen (secondary N) is 1. The minimum Gasteiger partial charge on any atom is -0.489 e. The highest BCUT2D eigenvalue weighted by atomic mass is 16.5. The third-order valence-electron chi connectivity index (χ3n) is 11.9. The Balaban J connectivity index is 0.633. The lowest BCUT2D eigenvalue weighted by atomic mass is 9.92. The van der Waals surface area contributed by atoms with Crippen LogP contribution in [0.1, 0.15) is 58.5 Å². The standard InChI is InChI=1S/C45H41N7O7/c1-50-38-14-15-46-23-37(38)34-9-4-26(17-40(34)50)27-5-13-42(48-21-27)59-32-19-31(20-32)58-30-8-6-28(47-22-30)3-2-16-57-33-24-51(25-33)29-7-10-35-36(18-29)45(56)52(44(35)55)39-11-12-41(53)49-43(39)54/h4-10,13-15,17-18,21-23,31-33,39H,2-3,11-12,16,19-20,24-25H2,1H3,(H,49,53,54). The van der Waals surface area contributed by atoms with Crippen LogP contribution in [0, 0.1) is 0 Å². The van der Waals surface area contributed by atoms with Crippen LogP contribution in [0.3, 0.4) is 0 Å². The van der Waals surface area contributed by atoms with E-state index in [1.165, 1.54) is 5.39 Å². The van der Waals surface area contributed by atoms with Crippen LogP contribution >= 0.6 is 0 Å². The summed E-state index contributed by atoms with van der Waals surface area (Å²) in [5.74, 6) is -0.682. The molecule has 0 bridgehead atoms. The highest BCUT2D eigenvalue weighted by Crippen LogP contribution is 2.35. The van der Waals surface area contributed by atoms with Gasteiger partial charge in [0.15, 0.2) is 0 Å². The molecule has 3 fully saturated rings. The molecule has 2 aromatic carbocycles. The van der Waals surface area contributed by atoms with E-state index >= 15 is 0 Å². The summed E-state index contributed by atoms with van der Waals surface area (Å²) in [4.78, 5) is 66.7. The zero-order chi connectivity index (χ0) is 40.2. The largest absolute Gasteiger partial charge is 0.489 e. The van der Waals surface area contributed by atoms with Crippen molar-refractivity contribution in [2.75, 3.05) is 24.6 Å². The molecule has 1 atom stereocenters. The lowest BCUT2D eigenvalue weighted by molar-refractivity contribution is -0.136. The number of piperidine rings is 1. The highest BCUT2D eigenvalue weighted by molar-refractivity contribution is 6.23. The van der Waals surface area contributed by atoms with Gasteiger partial charge in [-0.05, 0) is 73.4 Å². The zero-order valence-electron chi connectivity index (χ0n) is 32.4. The number of aromatic nitrogens is 4. The fourth-order valence-corrected chi connectivity index (χ4v) is 8.47. The molecule has 6 aromatic rings. The maximum atomic E-state index is 13.2. The summed E-state index contributed by atoms with van der Waals surface area (Å²) in [7, 11) is 2.08. The lowest BCUT2D eigenvalue weighted by Gasteiger charge is -2.40. The fraction of sp³-hybridized carbons (Fsp3) is 0.311. The SMILES string of the molecule is Cn1c2ccncc2c2ccc(-c3ccc(OC4CC(Oc5ccc(CCCOC6CN(c7ccc8c(c7)C(=O)N(C7CCC(=O)NC7=O)C8=O)C6)nc5)C4)nc3)cc21. The van der Waals surface area contributed by atoms with Crippen molar-refractivity contribution in [3.63, 3.8) is 0 Å². The fourth-order valence-electron chi connectivity index (χ4n) is 8.47. The van der Waals surface area contributed by atoms with Crippen molar-refractivity contribution >= 4 is 51.1 Å². The molecule has 1 saturated carbocycles. The van der Waals surface area contributed by atoms with Gasteiger partial charge in [-0.1, -0.05) is 12.1 Å². The van der Waals surface area contributed by atoms with Crippen molar-refractivity contribution in [2.45, 2.75) is 62.9 Å². The van der Waals surface area contributed by atoms with E-state index in [2.05, 4.69) is 61.0 Å². The van der Waals surface area contributed by atoms with Crippen LogP contribution in [0.5, 0.6) is 11.6 Å². The van der Waals surface area contributed by atoms with Crippen molar-refractivity contribution < 1.29 is 33.4 Å². The van der Waals surface area contributed by atoms with Crippen molar-refractivity contribution in [1.82, 2.24) is 29.7 Å². The Labute approximate surface area is 339 Å². The van der Waals surface area contributed by atoms with Crippen LogP contribution in [0.4, 0.5) is 5.69 Å². The van der Waals surface area contributed by atoms with Crippen molar-refractivity contribution in [2.24, 2.45) is 7.05 Å². The van der Waals surface area contributed by atoms with Gasteiger partial charge in [-0.2, -0.15) is 0 Å². The molecular formula is C45H41N7O7. The smallest absolute Gasteiger partial charge is 0.262 e. The Hall–Kier alpha value is -6.67. The molecule has 1 aliphatic carbocycles. The number of pyridine rings is 3. The first-order chi connectivity index (χ1) is 28.8. The average Bonchev–Trinajstić information content (AvgIpc) is 3.64. The maximum Gasteiger partial charge on any atom is 0.262 e. The number of amides is 4. The van der Waals surface area contributed by atoms with E-state index in [9.17, 15) is 19.2 Å². The molecule has 14 nitrogen and oxygen atoms in total. The summed E-state index contributed by atoms with van der Waals surface area (Å²) in [6.07, 6.45) is 10.9. The van der Waals surface area contributed by atoms with Crippen LogP contribution < -0.4 is 19.7 Å². The van der Waals surface area contributed by atoms with Gasteiger partial charge in [0.25, 0.3) is 11.8 Å². The molecular weight excluding hydrogens is 751 g/mol. The number of carbonyl (C=O) groups is 4. The van der Waals surface area contributed by atoms with Crippen molar-refractivity contribution in [3.8, 4) is 22.8 Å². The number of nitrogens with zero attached hydrogens (tertiary/aromatic N) is 6. The molecule has 0 spiro atoms. The first kappa shape index (κ1) is 36.7. The molecule has 4 aromatic heterocycles. The number of rotatable bonds is 12. The lowest BCUT2D eigenvalue weighted by Crippen LogP contribution is -2.54. The topological polar surface area (TPSA) is 158 Å². The normalized spacial score (nSPS) is 20.5. The Morgan fingerprint density at radius 2 is 1.59 bits per heavy atom. The highest BCUT2D eigenvalue weighted by Gasteiger charge is 2.45. The van der Waals surface area contributed by atoms with Gasteiger partial charge in [-0.15, -0.1) is 0 Å². The van der Waals surface area contributed by atoms with E-state index in [-0.39, 0.29) is 42.3 Å². The second-order valence-corrected chi connectivity index (χ2v) is 15.7. The number of imide groups is 2. The number of aryl methyl sites for hydroxylation is 2. The molecule has 1 N–H and O–H groups in total. The molecule has 14 heteroatoms. The molecule has 4 aliphatic rings. The van der Waals surface area contributed by atoms with Gasteiger partial charge in [0.2, 0.25) is 17.7 Å². The predicted molar refractivity (Wildman–Crippen MR) is 217 cm³/mol. The van der Waals surface area contributed by atoms with Gasteiger partial charge in [-0.25, -0.2) is 4.98 Å². The summed E-state index contributed by atoms with van der Waals surface area (Å²) in [5, 5.41) is 4.56. The van der Waals surface area contributed by atoms with Gasteiger partial charge in [-0.3, -0.25) is 39.4 Å². The summed E-state index contributed by atoms with van der Waals surface area (Å²) >= 11 is 0. The number of carbonyl (C=O) groups excluding carboxylic acids is 4. The van der Waals surface area contributed by atoms with E-state index < -0.39 is 29.7 Å². The minimum absolute atomic E-state index is 0.0511. The molecule has 7 heterocycles. The first-order valence-corrected chi connectivity index (χ1v) is 20.0. The van der Waals surface area contributed by atoms with Crippen molar-refractivity contribution in [3.05, 3.63) is 108 Å². The monoisotopic (exact) mass is 791 g/mol. The molecule has 298 valence electrons. The van der Waals surface area contributed by atoms with Crippen LogP contribution in [-0.2, 0) is 27.8 Å². The number of hydrogen-bond donors (Lipinski definition) is 1. The van der Waals surface area contributed by atoms with E-state index in [1.54, 1.807) is 18.3 Å². The first-order valence-electron chi connectivity index (χ1n) is 20.0. The Morgan fingerprint density at radius 1 is 0.763 bits per heavy atom. The van der Waals surface area contributed by atoms with E-state index in [0.29, 0.717) is 25.6 Å². The molecule has 59 heavy (non-hydrogen) atoms. The number of hydrogen-bond acceptors (Lipinski definition) is 11. The van der Waals surface area contributed by atoms with E-state index in [1.807, 2.05) is 48.9 Å². The predicted octanol–water partition coefficient (Wildman–Crippen LogP) is 5.41. The number of fused-ring (bicyclic) bond motifs is 4. The van der Waals surface area contributed by atoms with E-state index in [4.69, 9.17) is 14.2 Å². The number of anilines is 1. The summed E-state index contributed by atoms with van der Waals surface area (Å²) in [6, 6.07) is 20.6. The van der Waals surface area contributed by atoms with Gasteiger partial charge >= 0.3 is 0 Å². The molecule has 0 radical (unpaired) electrons. The molecule has 3 aliphatic heterocycles. The third-order valence-corrected chi connectivity index (χ3v) is 11.9. The Bertz CT molecular complexity index is 2630. The van der Waals surface area contributed by atoms with Gasteiger partial charge in [0.1, 0.15) is 24.0 Å². The number of ether oxygens (including phenoxy) is 3. The Morgan fingerprint density at radius 3 is 2.39 bits per heavy atom. The van der Waals surface area contributed by atoms with E-state index in [0.717, 1.165) is 75.3 Å². The molecule has 10 rings (SSSR count). The quantitative estimate of drug-likeness (QED) is 0.125. The zero-order valence-corrected chi connectivity index (χ0v) is 32.4. The van der Waals surface area contributed by atoms with Gasteiger partial charge in [0.05, 0.1) is 28.9 Å². The maximum absolute atomic E-state index is 13.2. The van der Waals surface area contributed by atoms with Crippen LogP contribution in [-0.4, -0.2) is 92.1 Å². The number of benzene rings is 2. The minimum atomic E-state index is -0.980. The summed E-state index contributed by atoms with van der Waals surface area (Å²) < 4.78 is 20.6. The van der Waals surface area contributed by atoms with Crippen LogP contribution in [0.2, 0.25) is 0 Å². The second kappa shape index (κ2) is 14.9. The van der Waals surface area contributed by atoms with Gasteiger partial charge < -0.3 is 23.7 Å². The summed E-state index contributed by atoms with van der Waals surface area (Å²) in [6.45, 7) is 1.93. The Kier molecular flexibility index (Phi) is 9.27. The van der Waals surface area contributed by atoms with Crippen molar-refractivity contribution in [1.29, 1.82) is 0 Å².